The van der Waals surface area contributed by atoms with Crippen LogP contribution in [0.15, 0.2) is 17.5 Å². The van der Waals surface area contributed by atoms with Crippen molar-refractivity contribution in [3.05, 3.63) is 22.4 Å². The van der Waals surface area contributed by atoms with Gasteiger partial charge in [0.2, 0.25) is 0 Å². The Morgan fingerprint density at radius 2 is 1.68 bits per heavy atom. The third kappa shape index (κ3) is 7.36. The Balaban J connectivity index is 0.000000224. The normalized spacial score (nSPS) is 15.3. The van der Waals surface area contributed by atoms with E-state index in [0.717, 1.165) is 25.7 Å². The summed E-state index contributed by atoms with van der Waals surface area (Å²) in [6, 6.07) is 3.48. The molecule has 0 bridgehead atoms. The number of carbonyl (C=O) groups excluding carboxylic acids is 1. The van der Waals surface area contributed by atoms with E-state index in [1.165, 1.54) is 24.2 Å². The van der Waals surface area contributed by atoms with Crippen LogP contribution >= 0.6 is 11.3 Å². The average Bonchev–Trinajstić information content (AvgIpc) is 2.87. The molecule has 0 saturated heterocycles. The first-order chi connectivity index (χ1) is 10.5. The van der Waals surface area contributed by atoms with Gasteiger partial charge >= 0.3 is 11.9 Å². The van der Waals surface area contributed by atoms with Crippen molar-refractivity contribution in [3.8, 4) is 0 Å². The SMILES string of the molecule is O=C(O)C1CCCCCC1.O=C(O)CCC(=O)c1cccs1. The van der Waals surface area contributed by atoms with Crippen LogP contribution in [0.2, 0.25) is 0 Å². The monoisotopic (exact) mass is 326 g/mol. The molecule has 1 aromatic rings. The number of carbonyl (C=O) groups is 3. The van der Waals surface area contributed by atoms with E-state index in [-0.39, 0.29) is 24.5 Å². The minimum Gasteiger partial charge on any atom is -0.481 e. The van der Waals surface area contributed by atoms with Gasteiger partial charge in [0.15, 0.2) is 5.78 Å². The van der Waals surface area contributed by atoms with Gasteiger partial charge in [-0.3, -0.25) is 14.4 Å². The van der Waals surface area contributed by atoms with E-state index in [4.69, 9.17) is 10.2 Å². The maximum absolute atomic E-state index is 11.2. The van der Waals surface area contributed by atoms with Crippen molar-refractivity contribution in [1.82, 2.24) is 0 Å². The van der Waals surface area contributed by atoms with Gasteiger partial charge in [-0.05, 0) is 24.3 Å². The number of hydrogen-bond donors (Lipinski definition) is 2. The summed E-state index contributed by atoms with van der Waals surface area (Å²) in [5.74, 6) is -1.66. The first-order valence-corrected chi connectivity index (χ1v) is 8.40. The molecule has 0 aromatic carbocycles. The molecule has 0 amide bonds. The van der Waals surface area contributed by atoms with Gasteiger partial charge in [-0.1, -0.05) is 31.7 Å². The first kappa shape index (κ1) is 18.4. The van der Waals surface area contributed by atoms with Crippen LogP contribution in [0.4, 0.5) is 0 Å². The standard InChI is InChI=1S/C8H8O3S.C8H14O2/c9-6(3-4-8(10)11)7-2-1-5-12-7;9-8(10)7-5-3-1-2-4-6-7/h1-2,5H,3-4H2,(H,10,11);7H,1-6H2,(H,9,10). The lowest BCUT2D eigenvalue weighted by Crippen LogP contribution is -2.11. The maximum Gasteiger partial charge on any atom is 0.306 e. The molecule has 2 N–H and O–H groups in total. The van der Waals surface area contributed by atoms with Gasteiger partial charge < -0.3 is 10.2 Å². The molecule has 6 heteroatoms. The van der Waals surface area contributed by atoms with E-state index in [9.17, 15) is 14.4 Å². The molecule has 1 fully saturated rings. The summed E-state index contributed by atoms with van der Waals surface area (Å²) in [6.45, 7) is 0. The molecule has 1 aromatic heterocycles. The quantitative estimate of drug-likeness (QED) is 0.633. The van der Waals surface area contributed by atoms with Crippen molar-refractivity contribution in [2.24, 2.45) is 5.92 Å². The predicted octanol–water partition coefficient (Wildman–Crippen LogP) is 3.84. The molecule has 0 radical (unpaired) electrons. The zero-order chi connectivity index (χ0) is 16.4. The van der Waals surface area contributed by atoms with E-state index < -0.39 is 11.9 Å². The Kier molecular flexibility index (Phi) is 8.43. The fourth-order valence-corrected chi connectivity index (χ4v) is 3.00. The fourth-order valence-electron chi connectivity index (χ4n) is 2.31. The zero-order valence-electron chi connectivity index (χ0n) is 12.5. The first-order valence-electron chi connectivity index (χ1n) is 7.52. The van der Waals surface area contributed by atoms with Gasteiger partial charge in [-0.25, -0.2) is 0 Å². The Morgan fingerprint density at radius 3 is 2.14 bits per heavy atom. The van der Waals surface area contributed by atoms with E-state index in [2.05, 4.69) is 0 Å². The van der Waals surface area contributed by atoms with Crippen LogP contribution in [0, 0.1) is 5.92 Å². The fraction of sp³-hybridized carbons (Fsp3) is 0.562. The molecule has 0 unspecified atom stereocenters. The smallest absolute Gasteiger partial charge is 0.306 e. The Hall–Kier alpha value is -1.69. The van der Waals surface area contributed by atoms with Crippen LogP contribution in [-0.4, -0.2) is 27.9 Å². The second kappa shape index (κ2) is 10.1. The molecule has 1 saturated carbocycles. The minimum absolute atomic E-state index is 0.0394. The van der Waals surface area contributed by atoms with Crippen molar-refractivity contribution in [2.75, 3.05) is 0 Å². The summed E-state index contributed by atoms with van der Waals surface area (Å²) < 4.78 is 0. The Labute approximate surface area is 134 Å². The number of carboxylic acid groups (broad SMARTS) is 2. The van der Waals surface area contributed by atoms with Crippen molar-refractivity contribution >= 4 is 29.1 Å². The molecular formula is C16H22O5S. The highest BCUT2D eigenvalue weighted by molar-refractivity contribution is 7.12. The Bertz CT molecular complexity index is 473. The topological polar surface area (TPSA) is 91.7 Å². The van der Waals surface area contributed by atoms with Gasteiger partial charge in [-0.2, -0.15) is 0 Å². The van der Waals surface area contributed by atoms with Crippen molar-refractivity contribution < 1.29 is 24.6 Å². The molecule has 1 aliphatic carbocycles. The summed E-state index contributed by atoms with van der Waals surface area (Å²) in [5.41, 5.74) is 0. The van der Waals surface area contributed by atoms with Gasteiger partial charge in [0.05, 0.1) is 17.2 Å². The maximum atomic E-state index is 11.2. The summed E-state index contributed by atoms with van der Waals surface area (Å²) in [7, 11) is 0. The van der Waals surface area contributed by atoms with Crippen LogP contribution in [0.1, 0.15) is 61.0 Å². The van der Waals surface area contributed by atoms with E-state index in [0.29, 0.717) is 4.88 Å². The van der Waals surface area contributed by atoms with Gasteiger partial charge in [0.1, 0.15) is 0 Å². The van der Waals surface area contributed by atoms with Crippen LogP contribution in [-0.2, 0) is 9.59 Å². The highest BCUT2D eigenvalue weighted by Gasteiger charge is 2.18. The molecule has 2 rings (SSSR count). The van der Waals surface area contributed by atoms with Crippen LogP contribution in [0.5, 0.6) is 0 Å². The molecule has 1 heterocycles. The summed E-state index contributed by atoms with van der Waals surface area (Å²) in [5, 5.41) is 18.8. The lowest BCUT2D eigenvalue weighted by atomic mass is 10.0. The number of rotatable bonds is 5. The lowest BCUT2D eigenvalue weighted by molar-refractivity contribution is -0.142. The molecule has 22 heavy (non-hydrogen) atoms. The number of thiophene rings is 1. The third-order valence-electron chi connectivity index (χ3n) is 3.57. The van der Waals surface area contributed by atoms with E-state index >= 15 is 0 Å². The molecule has 0 aliphatic heterocycles. The average molecular weight is 326 g/mol. The third-order valence-corrected chi connectivity index (χ3v) is 4.48. The highest BCUT2D eigenvalue weighted by Crippen LogP contribution is 2.22. The lowest BCUT2D eigenvalue weighted by Gasteiger charge is -2.05. The number of carboxylic acids is 2. The van der Waals surface area contributed by atoms with E-state index in [1.807, 2.05) is 0 Å². The van der Waals surface area contributed by atoms with Gasteiger partial charge in [-0.15, -0.1) is 11.3 Å². The van der Waals surface area contributed by atoms with Crippen LogP contribution < -0.4 is 0 Å². The Morgan fingerprint density at radius 1 is 1.05 bits per heavy atom. The minimum atomic E-state index is -0.931. The molecule has 122 valence electrons. The summed E-state index contributed by atoms with van der Waals surface area (Å²) >= 11 is 1.34. The molecular weight excluding hydrogens is 304 g/mol. The van der Waals surface area contributed by atoms with Crippen LogP contribution in [0.3, 0.4) is 0 Å². The zero-order valence-corrected chi connectivity index (χ0v) is 13.3. The number of aliphatic carboxylic acids is 2. The summed E-state index contributed by atoms with van der Waals surface area (Å²) in [4.78, 5) is 32.4. The highest BCUT2D eigenvalue weighted by atomic mass is 32.1. The molecule has 0 spiro atoms. The van der Waals surface area contributed by atoms with Crippen LogP contribution in [0.25, 0.3) is 0 Å². The molecule has 5 nitrogen and oxygen atoms in total. The predicted molar refractivity (Wildman–Crippen MR) is 84.3 cm³/mol. The number of ketones is 1. The van der Waals surface area contributed by atoms with E-state index in [1.54, 1.807) is 17.5 Å². The van der Waals surface area contributed by atoms with Crippen molar-refractivity contribution in [3.63, 3.8) is 0 Å². The number of hydrogen-bond acceptors (Lipinski definition) is 4. The second-order valence-electron chi connectivity index (χ2n) is 5.32. The second-order valence-corrected chi connectivity index (χ2v) is 6.27. The molecule has 1 aliphatic rings. The number of Topliss-reactive ketones (excluding diaryl/α,β-unsaturated/α-hetero) is 1. The summed E-state index contributed by atoms with van der Waals surface area (Å²) in [6.07, 6.45) is 6.47. The van der Waals surface area contributed by atoms with Gasteiger partial charge in [0.25, 0.3) is 0 Å². The van der Waals surface area contributed by atoms with Gasteiger partial charge in [0, 0.05) is 6.42 Å². The largest absolute Gasteiger partial charge is 0.481 e. The van der Waals surface area contributed by atoms with Crippen molar-refractivity contribution in [1.29, 1.82) is 0 Å². The van der Waals surface area contributed by atoms with Crippen molar-refractivity contribution in [2.45, 2.75) is 51.4 Å². The molecule has 0 atom stereocenters.